The van der Waals surface area contributed by atoms with Crippen molar-refractivity contribution in [2.24, 2.45) is 5.41 Å². The second kappa shape index (κ2) is 4.84. The van der Waals surface area contributed by atoms with Gasteiger partial charge in [-0.2, -0.15) is 0 Å². The summed E-state index contributed by atoms with van der Waals surface area (Å²) in [4.78, 5) is 22.7. The van der Waals surface area contributed by atoms with Crippen LogP contribution < -0.4 is 0 Å². The number of halogens is 2. The first-order valence-corrected chi connectivity index (χ1v) is 5.37. The van der Waals surface area contributed by atoms with E-state index in [2.05, 4.69) is 0 Å². The molecule has 0 amide bonds. The summed E-state index contributed by atoms with van der Waals surface area (Å²) in [6.45, 7) is 4.16. The summed E-state index contributed by atoms with van der Waals surface area (Å²) < 4.78 is 26.5. The number of aryl methyl sites for hydroxylation is 1. The van der Waals surface area contributed by atoms with Crippen LogP contribution in [-0.4, -0.2) is 16.9 Å². The molecule has 98 valence electrons. The fourth-order valence-electron chi connectivity index (χ4n) is 1.44. The van der Waals surface area contributed by atoms with Gasteiger partial charge in [-0.1, -0.05) is 0 Å². The van der Waals surface area contributed by atoms with Crippen molar-refractivity contribution in [3.05, 3.63) is 34.9 Å². The smallest absolute Gasteiger partial charge is 0.309 e. The monoisotopic (exact) mass is 256 g/mol. The number of carbonyl (C=O) groups is 2. The highest BCUT2D eigenvalue weighted by Crippen LogP contribution is 2.25. The Hall–Kier alpha value is -1.78. The van der Waals surface area contributed by atoms with Gasteiger partial charge in [-0.05, 0) is 32.4 Å². The summed E-state index contributed by atoms with van der Waals surface area (Å²) in [5.74, 6) is -3.50. The van der Waals surface area contributed by atoms with Crippen LogP contribution in [0.5, 0.6) is 0 Å². The number of benzene rings is 1. The van der Waals surface area contributed by atoms with Gasteiger partial charge in [0.1, 0.15) is 11.6 Å². The fraction of sp³-hybridized carbons (Fsp3) is 0.385. The normalized spacial score (nSPS) is 11.4. The largest absolute Gasteiger partial charge is 0.481 e. The predicted molar refractivity (Wildman–Crippen MR) is 61.5 cm³/mol. The van der Waals surface area contributed by atoms with E-state index in [1.54, 1.807) is 0 Å². The summed E-state index contributed by atoms with van der Waals surface area (Å²) >= 11 is 0. The van der Waals surface area contributed by atoms with Gasteiger partial charge in [-0.3, -0.25) is 9.59 Å². The molecule has 18 heavy (non-hydrogen) atoms. The molecule has 0 saturated carbocycles. The van der Waals surface area contributed by atoms with E-state index in [9.17, 15) is 18.4 Å². The summed E-state index contributed by atoms with van der Waals surface area (Å²) in [6, 6.07) is 1.74. The lowest BCUT2D eigenvalue weighted by Gasteiger charge is -2.18. The van der Waals surface area contributed by atoms with E-state index in [1.807, 2.05) is 0 Å². The van der Waals surface area contributed by atoms with E-state index >= 15 is 0 Å². The predicted octanol–water partition coefficient (Wildman–Crippen LogP) is 2.96. The van der Waals surface area contributed by atoms with Crippen molar-refractivity contribution in [1.29, 1.82) is 0 Å². The molecule has 0 aliphatic rings. The maximum atomic E-state index is 13.4. The highest BCUT2D eigenvalue weighted by atomic mass is 19.1. The standard InChI is InChI=1S/C13H14F2O3/c1-7-4-8(10(15)5-9(7)14)11(16)6-13(2,3)12(17)18/h4-5H,6H2,1-3H3,(H,17,18). The van der Waals surface area contributed by atoms with Gasteiger partial charge >= 0.3 is 5.97 Å². The van der Waals surface area contributed by atoms with E-state index in [0.717, 1.165) is 6.07 Å². The Morgan fingerprint density at radius 1 is 1.22 bits per heavy atom. The molecule has 1 N–H and O–H groups in total. The van der Waals surface area contributed by atoms with Crippen LogP contribution in [0.2, 0.25) is 0 Å². The second-order valence-electron chi connectivity index (χ2n) is 4.87. The summed E-state index contributed by atoms with van der Waals surface area (Å²) in [6.07, 6.45) is -0.343. The van der Waals surface area contributed by atoms with Crippen molar-refractivity contribution < 1.29 is 23.5 Å². The number of hydrogen-bond donors (Lipinski definition) is 1. The Morgan fingerprint density at radius 2 is 1.78 bits per heavy atom. The van der Waals surface area contributed by atoms with E-state index in [0.29, 0.717) is 6.07 Å². The lowest BCUT2D eigenvalue weighted by atomic mass is 9.85. The number of carboxylic acids is 1. The first-order chi connectivity index (χ1) is 8.15. The van der Waals surface area contributed by atoms with Crippen LogP contribution in [0.1, 0.15) is 36.2 Å². The molecule has 0 radical (unpaired) electrons. The van der Waals surface area contributed by atoms with Gasteiger partial charge in [-0.25, -0.2) is 8.78 Å². The zero-order chi connectivity index (χ0) is 14.1. The average Bonchev–Trinajstić information content (AvgIpc) is 2.22. The van der Waals surface area contributed by atoms with Crippen LogP contribution in [0.25, 0.3) is 0 Å². The second-order valence-corrected chi connectivity index (χ2v) is 4.87. The number of carboxylic acid groups (broad SMARTS) is 1. The number of carbonyl (C=O) groups excluding carboxylic acids is 1. The molecule has 1 rings (SSSR count). The van der Waals surface area contributed by atoms with Crippen molar-refractivity contribution in [1.82, 2.24) is 0 Å². The van der Waals surface area contributed by atoms with Crippen molar-refractivity contribution in [2.75, 3.05) is 0 Å². The van der Waals surface area contributed by atoms with Gasteiger partial charge < -0.3 is 5.11 Å². The Balaban J connectivity index is 3.06. The van der Waals surface area contributed by atoms with E-state index < -0.39 is 28.8 Å². The highest BCUT2D eigenvalue weighted by Gasteiger charge is 2.31. The first-order valence-electron chi connectivity index (χ1n) is 5.37. The topological polar surface area (TPSA) is 54.4 Å². The third kappa shape index (κ3) is 2.91. The highest BCUT2D eigenvalue weighted by molar-refractivity contribution is 5.99. The lowest BCUT2D eigenvalue weighted by molar-refractivity contribution is -0.146. The number of rotatable bonds is 4. The maximum absolute atomic E-state index is 13.4. The Kier molecular flexibility index (Phi) is 3.84. The van der Waals surface area contributed by atoms with Crippen LogP contribution in [0.15, 0.2) is 12.1 Å². The molecular weight excluding hydrogens is 242 g/mol. The Bertz CT molecular complexity index is 507. The van der Waals surface area contributed by atoms with Gasteiger partial charge in [0, 0.05) is 12.5 Å². The third-order valence-electron chi connectivity index (χ3n) is 2.73. The van der Waals surface area contributed by atoms with Crippen molar-refractivity contribution in [2.45, 2.75) is 27.2 Å². The van der Waals surface area contributed by atoms with Gasteiger partial charge in [-0.15, -0.1) is 0 Å². The number of hydrogen-bond acceptors (Lipinski definition) is 2. The molecule has 0 saturated heterocycles. The summed E-state index contributed by atoms with van der Waals surface area (Å²) in [5, 5.41) is 8.90. The molecule has 0 aromatic heterocycles. The van der Waals surface area contributed by atoms with Crippen LogP contribution in [0.4, 0.5) is 8.78 Å². The lowest BCUT2D eigenvalue weighted by Crippen LogP contribution is -2.27. The molecule has 0 atom stereocenters. The fourth-order valence-corrected chi connectivity index (χ4v) is 1.44. The minimum atomic E-state index is -1.29. The average molecular weight is 256 g/mol. The molecule has 5 heteroatoms. The number of aliphatic carboxylic acids is 1. The van der Waals surface area contributed by atoms with Gasteiger partial charge in [0.2, 0.25) is 0 Å². The van der Waals surface area contributed by atoms with Crippen LogP contribution >= 0.6 is 0 Å². The molecule has 1 aromatic carbocycles. The molecule has 3 nitrogen and oxygen atoms in total. The molecule has 0 spiro atoms. The molecule has 0 heterocycles. The summed E-state index contributed by atoms with van der Waals surface area (Å²) in [7, 11) is 0. The van der Waals surface area contributed by atoms with Crippen molar-refractivity contribution in [3.63, 3.8) is 0 Å². The molecule has 0 unspecified atom stereocenters. The third-order valence-corrected chi connectivity index (χ3v) is 2.73. The first kappa shape index (κ1) is 14.3. The molecule has 0 aliphatic heterocycles. The van der Waals surface area contributed by atoms with E-state index in [1.165, 1.54) is 20.8 Å². The van der Waals surface area contributed by atoms with Gasteiger partial charge in [0.15, 0.2) is 5.78 Å². The molecule has 0 aliphatic carbocycles. The van der Waals surface area contributed by atoms with E-state index in [4.69, 9.17) is 5.11 Å². The molecule has 0 fully saturated rings. The summed E-state index contributed by atoms with van der Waals surface area (Å²) in [5.41, 5.74) is -1.41. The zero-order valence-electron chi connectivity index (χ0n) is 10.4. The SMILES string of the molecule is Cc1cc(C(=O)CC(C)(C)C(=O)O)c(F)cc1F. The number of Topliss-reactive ketones (excluding diaryl/α,β-unsaturated/α-hetero) is 1. The maximum Gasteiger partial charge on any atom is 0.309 e. The van der Waals surface area contributed by atoms with Crippen molar-refractivity contribution in [3.8, 4) is 0 Å². The zero-order valence-corrected chi connectivity index (χ0v) is 10.4. The van der Waals surface area contributed by atoms with Gasteiger partial charge in [0.25, 0.3) is 0 Å². The molecule has 1 aromatic rings. The Labute approximate surface area is 103 Å². The Morgan fingerprint density at radius 3 is 2.28 bits per heavy atom. The minimum absolute atomic E-state index is 0.146. The number of ketones is 1. The van der Waals surface area contributed by atoms with Gasteiger partial charge in [0.05, 0.1) is 11.0 Å². The van der Waals surface area contributed by atoms with Crippen LogP contribution in [0, 0.1) is 24.0 Å². The minimum Gasteiger partial charge on any atom is -0.481 e. The quantitative estimate of drug-likeness (QED) is 0.842. The van der Waals surface area contributed by atoms with Crippen LogP contribution in [0.3, 0.4) is 0 Å². The van der Waals surface area contributed by atoms with E-state index in [-0.39, 0.29) is 17.5 Å². The molecule has 0 bridgehead atoms. The molecular formula is C13H14F2O3. The van der Waals surface area contributed by atoms with Crippen LogP contribution in [-0.2, 0) is 4.79 Å². The van der Waals surface area contributed by atoms with Crippen molar-refractivity contribution >= 4 is 11.8 Å².